The van der Waals surface area contributed by atoms with Gasteiger partial charge in [-0.2, -0.15) is 5.10 Å². The van der Waals surface area contributed by atoms with Crippen molar-refractivity contribution in [3.05, 3.63) is 106 Å². The van der Waals surface area contributed by atoms with Crippen LogP contribution in [0.25, 0.3) is 27.6 Å². The van der Waals surface area contributed by atoms with E-state index in [0.29, 0.717) is 18.1 Å². The van der Waals surface area contributed by atoms with Gasteiger partial charge in [0, 0.05) is 23.9 Å². The van der Waals surface area contributed by atoms with E-state index < -0.39 is 0 Å². The van der Waals surface area contributed by atoms with Crippen LogP contribution in [0.5, 0.6) is 0 Å². The molecule has 6 rings (SSSR count). The molecule has 0 N–H and O–H groups in total. The smallest absolute Gasteiger partial charge is 0.278 e. The summed E-state index contributed by atoms with van der Waals surface area (Å²) in [4.78, 5) is 20.4. The van der Waals surface area contributed by atoms with Crippen LogP contribution in [0.3, 0.4) is 0 Å². The first-order valence-electron chi connectivity index (χ1n) is 12.8. The summed E-state index contributed by atoms with van der Waals surface area (Å²) in [5.41, 5.74) is 10.5. The number of anilines is 1. The maximum atomic E-state index is 13.9. The Labute approximate surface area is 217 Å². The summed E-state index contributed by atoms with van der Waals surface area (Å²) in [6, 6.07) is 21.1. The van der Waals surface area contributed by atoms with Crippen LogP contribution < -0.4 is 4.90 Å². The lowest BCUT2D eigenvalue weighted by Gasteiger charge is -2.27. The summed E-state index contributed by atoms with van der Waals surface area (Å²) in [7, 11) is 0. The van der Waals surface area contributed by atoms with Crippen LogP contribution in [0.4, 0.5) is 5.82 Å². The Balaban J connectivity index is 1.40. The number of nitrogens with zero attached hydrogens (tertiary/aromatic N) is 4. The predicted molar refractivity (Wildman–Crippen MR) is 150 cm³/mol. The minimum absolute atomic E-state index is 0.0578. The molecule has 1 amide bonds. The van der Waals surface area contributed by atoms with Crippen LogP contribution in [-0.4, -0.2) is 27.2 Å². The Morgan fingerprint density at radius 2 is 1.49 bits per heavy atom. The molecule has 3 aromatic carbocycles. The summed E-state index contributed by atoms with van der Waals surface area (Å²) < 4.78 is 1.85. The first-order valence-corrected chi connectivity index (χ1v) is 12.8. The maximum Gasteiger partial charge on any atom is 0.278 e. The number of hydrogen-bond acceptors (Lipinski definition) is 3. The second-order valence-corrected chi connectivity index (χ2v) is 10.2. The van der Waals surface area contributed by atoms with Crippen LogP contribution >= 0.6 is 0 Å². The highest BCUT2D eigenvalue weighted by Crippen LogP contribution is 2.32. The third-order valence-electron chi connectivity index (χ3n) is 7.69. The fourth-order valence-electron chi connectivity index (χ4n) is 5.43. The van der Waals surface area contributed by atoms with Crippen molar-refractivity contribution in [3.63, 3.8) is 0 Å². The number of aromatic nitrogens is 3. The number of carbonyl (C=O) groups excluding carboxylic acids is 1. The summed E-state index contributed by atoms with van der Waals surface area (Å²) in [6.07, 6.45) is 2.61. The van der Waals surface area contributed by atoms with E-state index in [9.17, 15) is 4.79 Å². The molecule has 0 unspecified atom stereocenters. The molecule has 2 aromatic heterocycles. The number of carbonyl (C=O) groups is 1. The zero-order valence-electron chi connectivity index (χ0n) is 22.0. The van der Waals surface area contributed by atoms with Crippen LogP contribution in [0.2, 0.25) is 0 Å². The lowest BCUT2D eigenvalue weighted by Crippen LogP contribution is -2.39. The Morgan fingerprint density at radius 3 is 2.19 bits per heavy atom. The second kappa shape index (κ2) is 8.70. The van der Waals surface area contributed by atoms with Gasteiger partial charge in [0.2, 0.25) is 0 Å². The Hall–Kier alpha value is -4.25. The molecule has 1 aliphatic rings. The summed E-state index contributed by atoms with van der Waals surface area (Å²) in [5.74, 6) is 0.609. The van der Waals surface area contributed by atoms with Crippen LogP contribution in [0.1, 0.15) is 44.0 Å². The first-order chi connectivity index (χ1) is 17.8. The van der Waals surface area contributed by atoms with Gasteiger partial charge in [0.1, 0.15) is 11.5 Å². The molecule has 0 atom stereocenters. The molecule has 37 heavy (non-hydrogen) atoms. The Kier molecular flexibility index (Phi) is 5.45. The number of fused-ring (bicyclic) bond motifs is 2. The van der Waals surface area contributed by atoms with E-state index in [1.165, 1.54) is 22.1 Å². The third kappa shape index (κ3) is 3.82. The van der Waals surface area contributed by atoms with Gasteiger partial charge in [0.25, 0.3) is 5.91 Å². The van der Waals surface area contributed by atoms with E-state index in [1.54, 1.807) is 4.90 Å². The fraction of sp³-hybridized carbons (Fsp3) is 0.219. The van der Waals surface area contributed by atoms with Crippen LogP contribution in [-0.2, 0) is 6.42 Å². The predicted octanol–water partition coefficient (Wildman–Crippen LogP) is 6.83. The van der Waals surface area contributed by atoms with Gasteiger partial charge in [-0.25, -0.2) is 9.67 Å². The molecule has 5 aromatic rings. The van der Waals surface area contributed by atoms with Crippen molar-refractivity contribution < 1.29 is 4.79 Å². The molecule has 0 radical (unpaired) electrons. The Bertz CT molecular complexity index is 1700. The molecular formula is C32H30N4O. The molecule has 5 nitrogen and oxygen atoms in total. The van der Waals surface area contributed by atoms with Crippen molar-refractivity contribution >= 4 is 22.5 Å². The van der Waals surface area contributed by atoms with Gasteiger partial charge in [0.15, 0.2) is 0 Å². The zero-order valence-corrected chi connectivity index (χ0v) is 22.0. The molecule has 1 aliphatic heterocycles. The monoisotopic (exact) mass is 486 g/mol. The number of pyridine rings is 1. The van der Waals surface area contributed by atoms with Crippen molar-refractivity contribution in [2.24, 2.45) is 0 Å². The van der Waals surface area contributed by atoms with Crippen molar-refractivity contribution in [1.29, 1.82) is 0 Å². The van der Waals surface area contributed by atoms with Crippen LogP contribution in [0.15, 0.2) is 66.9 Å². The average Bonchev–Trinajstić information content (AvgIpc) is 3.22. The third-order valence-corrected chi connectivity index (χ3v) is 7.69. The normalized spacial score (nSPS) is 13.3. The number of aryl methyl sites for hydroxylation is 5. The molecule has 0 fully saturated rings. The molecule has 0 bridgehead atoms. The lowest BCUT2D eigenvalue weighted by atomic mass is 9.99. The van der Waals surface area contributed by atoms with Gasteiger partial charge >= 0.3 is 0 Å². The molecule has 0 spiro atoms. The van der Waals surface area contributed by atoms with Crippen molar-refractivity contribution in [2.45, 2.75) is 41.0 Å². The van der Waals surface area contributed by atoms with Gasteiger partial charge in [-0.1, -0.05) is 36.4 Å². The number of rotatable bonds is 3. The SMILES string of the molecule is Cc1cc2cc(C)c(-n3nc(C)c4c3C(=O)N(c3ccc(-c5ccccc5C)cn3)CC4)cc2cc1C. The second-order valence-electron chi connectivity index (χ2n) is 10.2. The molecular weight excluding hydrogens is 456 g/mol. The van der Waals surface area contributed by atoms with Gasteiger partial charge < -0.3 is 0 Å². The number of amides is 1. The maximum absolute atomic E-state index is 13.9. The largest absolute Gasteiger partial charge is 0.291 e. The van der Waals surface area contributed by atoms with E-state index >= 15 is 0 Å². The summed E-state index contributed by atoms with van der Waals surface area (Å²) in [5, 5.41) is 7.21. The highest BCUT2D eigenvalue weighted by molar-refractivity contribution is 6.07. The number of benzene rings is 3. The van der Waals surface area contributed by atoms with Crippen molar-refractivity contribution in [1.82, 2.24) is 14.8 Å². The van der Waals surface area contributed by atoms with Gasteiger partial charge in [-0.3, -0.25) is 9.69 Å². The van der Waals surface area contributed by atoms with E-state index in [0.717, 1.165) is 45.4 Å². The summed E-state index contributed by atoms with van der Waals surface area (Å²) >= 11 is 0. The van der Waals surface area contributed by atoms with E-state index in [1.807, 2.05) is 42.1 Å². The van der Waals surface area contributed by atoms with Gasteiger partial charge in [0.05, 0.1) is 11.4 Å². The van der Waals surface area contributed by atoms with Crippen molar-refractivity contribution in [3.8, 4) is 16.8 Å². The zero-order chi connectivity index (χ0) is 25.8. The van der Waals surface area contributed by atoms with E-state index in [4.69, 9.17) is 10.1 Å². The van der Waals surface area contributed by atoms with E-state index in [-0.39, 0.29) is 5.91 Å². The molecule has 184 valence electrons. The van der Waals surface area contributed by atoms with Crippen LogP contribution in [0, 0.1) is 34.6 Å². The molecule has 3 heterocycles. The average molecular weight is 487 g/mol. The minimum Gasteiger partial charge on any atom is -0.291 e. The quantitative estimate of drug-likeness (QED) is 0.281. The molecule has 0 saturated heterocycles. The molecule has 0 aliphatic carbocycles. The Morgan fingerprint density at radius 1 is 0.784 bits per heavy atom. The highest BCUT2D eigenvalue weighted by atomic mass is 16.2. The standard InChI is InChI=1S/C32H30N4O/c1-19-8-6-7-9-27(19)24-10-11-30(33-18-24)35-13-12-28-23(5)34-36(31(28)32(35)37)29-17-26-15-21(3)20(2)14-25(26)16-22(29)4/h6-11,14-18H,12-13H2,1-5H3. The minimum atomic E-state index is -0.0578. The summed E-state index contributed by atoms with van der Waals surface area (Å²) in [6.45, 7) is 11.0. The molecule has 5 heteroatoms. The fourth-order valence-corrected chi connectivity index (χ4v) is 5.43. The first kappa shape index (κ1) is 23.2. The number of hydrogen-bond donors (Lipinski definition) is 0. The van der Waals surface area contributed by atoms with Gasteiger partial charge in [-0.05, 0) is 104 Å². The van der Waals surface area contributed by atoms with Crippen molar-refractivity contribution in [2.75, 3.05) is 11.4 Å². The lowest BCUT2D eigenvalue weighted by molar-refractivity contribution is 0.0972. The highest BCUT2D eigenvalue weighted by Gasteiger charge is 2.33. The van der Waals surface area contributed by atoms with E-state index in [2.05, 4.69) is 64.1 Å². The van der Waals surface area contributed by atoms with Gasteiger partial charge in [-0.15, -0.1) is 0 Å². The topological polar surface area (TPSA) is 51.0 Å². The molecule has 0 saturated carbocycles.